The Bertz CT molecular complexity index is 373. The van der Waals surface area contributed by atoms with Crippen LogP contribution in [0.4, 0.5) is 4.79 Å². The van der Waals surface area contributed by atoms with Gasteiger partial charge < -0.3 is 25.3 Å². The Kier molecular flexibility index (Phi) is 6.42. The van der Waals surface area contributed by atoms with Gasteiger partial charge in [0, 0.05) is 25.7 Å². The predicted molar refractivity (Wildman–Crippen MR) is 79.2 cm³/mol. The highest BCUT2D eigenvalue weighted by Gasteiger charge is 2.29. The molecule has 1 aliphatic rings. The van der Waals surface area contributed by atoms with Gasteiger partial charge in [-0.05, 0) is 33.4 Å². The van der Waals surface area contributed by atoms with Crippen LogP contribution in [0.15, 0.2) is 0 Å². The maximum Gasteiger partial charge on any atom is 0.317 e. The molecule has 7 heteroatoms. The summed E-state index contributed by atoms with van der Waals surface area (Å²) in [6.07, 6.45) is 1.38. The van der Waals surface area contributed by atoms with Gasteiger partial charge in [0.1, 0.15) is 0 Å². The molecule has 1 saturated heterocycles. The summed E-state index contributed by atoms with van der Waals surface area (Å²) in [4.78, 5) is 27.0. The molecule has 21 heavy (non-hydrogen) atoms. The summed E-state index contributed by atoms with van der Waals surface area (Å²) < 4.78 is 0. The number of carboxylic acid groups (broad SMARTS) is 1. The molecule has 0 aliphatic carbocycles. The molecule has 0 saturated carbocycles. The first-order valence-electron chi connectivity index (χ1n) is 7.42. The van der Waals surface area contributed by atoms with Crippen molar-refractivity contribution >= 4 is 12.0 Å². The Morgan fingerprint density at radius 3 is 2.62 bits per heavy atom. The number of aliphatic carboxylic acids is 1. The molecule has 2 unspecified atom stereocenters. The fraction of sp³-hybridized carbons (Fsp3) is 0.857. The summed E-state index contributed by atoms with van der Waals surface area (Å²) >= 11 is 0. The molecule has 2 atom stereocenters. The molecule has 1 fully saturated rings. The average molecular weight is 301 g/mol. The average Bonchev–Trinajstić information content (AvgIpc) is 2.56. The smallest absolute Gasteiger partial charge is 0.317 e. The second kappa shape index (κ2) is 7.61. The van der Waals surface area contributed by atoms with Crippen LogP contribution in [0, 0.1) is 0 Å². The van der Waals surface area contributed by atoms with Crippen LogP contribution in [0.3, 0.4) is 0 Å². The van der Waals surface area contributed by atoms with Crippen molar-refractivity contribution < 1.29 is 19.8 Å². The van der Waals surface area contributed by atoms with Crippen molar-refractivity contribution in [1.29, 1.82) is 0 Å². The third-order valence-electron chi connectivity index (χ3n) is 3.79. The van der Waals surface area contributed by atoms with Crippen LogP contribution in [0.2, 0.25) is 0 Å². The normalized spacial score (nSPS) is 23.2. The summed E-state index contributed by atoms with van der Waals surface area (Å²) in [6.45, 7) is 5.85. The fourth-order valence-electron chi connectivity index (χ4n) is 2.62. The minimum atomic E-state index is -1.44. The Hall–Kier alpha value is -1.34. The van der Waals surface area contributed by atoms with E-state index in [1.807, 2.05) is 14.0 Å². The Labute approximate surface area is 125 Å². The first kappa shape index (κ1) is 17.7. The number of amides is 2. The summed E-state index contributed by atoms with van der Waals surface area (Å²) in [6, 6.07) is -0.0928. The number of nitrogens with zero attached hydrogens (tertiary/aromatic N) is 2. The molecular weight excluding hydrogens is 274 g/mol. The number of hydrogen-bond acceptors (Lipinski definition) is 4. The van der Waals surface area contributed by atoms with Gasteiger partial charge in [0.05, 0.1) is 12.0 Å². The van der Waals surface area contributed by atoms with Crippen LogP contribution in [0.1, 0.15) is 33.1 Å². The number of rotatable bonds is 5. The van der Waals surface area contributed by atoms with Gasteiger partial charge in [0.25, 0.3) is 0 Å². The number of aliphatic hydroxyl groups is 1. The minimum absolute atomic E-state index is 0.0685. The number of urea groups is 1. The lowest BCUT2D eigenvalue weighted by Crippen LogP contribution is -2.51. The number of hydrogen-bond donors (Lipinski definition) is 3. The van der Waals surface area contributed by atoms with Gasteiger partial charge in [-0.2, -0.15) is 0 Å². The van der Waals surface area contributed by atoms with E-state index in [0.717, 1.165) is 25.9 Å². The van der Waals surface area contributed by atoms with E-state index in [0.29, 0.717) is 6.54 Å². The molecule has 1 rings (SSSR count). The zero-order valence-corrected chi connectivity index (χ0v) is 13.1. The van der Waals surface area contributed by atoms with E-state index in [9.17, 15) is 14.7 Å². The molecule has 0 aromatic rings. The number of carbonyl (C=O) groups excluding carboxylic acids is 1. The molecule has 1 aliphatic heterocycles. The van der Waals surface area contributed by atoms with Gasteiger partial charge >= 0.3 is 12.0 Å². The number of likely N-dealkylation sites (N-methyl/N-ethyl adjacent to an activating group) is 1. The lowest BCUT2D eigenvalue weighted by atomic mass is 10.0. The largest absolute Gasteiger partial charge is 0.481 e. The zero-order valence-electron chi connectivity index (χ0n) is 13.1. The number of nitrogens with one attached hydrogen (secondary N) is 1. The molecule has 0 aromatic carbocycles. The van der Waals surface area contributed by atoms with Crippen molar-refractivity contribution in [2.45, 2.75) is 44.8 Å². The third kappa shape index (κ3) is 5.89. The second-order valence-corrected chi connectivity index (χ2v) is 6.10. The number of carbonyl (C=O) groups is 2. The first-order valence-corrected chi connectivity index (χ1v) is 7.42. The monoisotopic (exact) mass is 301 g/mol. The molecule has 0 radical (unpaired) electrons. The molecule has 2 amide bonds. The van der Waals surface area contributed by atoms with Crippen LogP contribution >= 0.6 is 0 Å². The van der Waals surface area contributed by atoms with E-state index in [4.69, 9.17) is 5.11 Å². The highest BCUT2D eigenvalue weighted by molar-refractivity contribution is 5.75. The van der Waals surface area contributed by atoms with E-state index in [-0.39, 0.29) is 18.6 Å². The molecule has 3 N–H and O–H groups in total. The highest BCUT2D eigenvalue weighted by atomic mass is 16.4. The van der Waals surface area contributed by atoms with Crippen molar-refractivity contribution in [2.75, 3.05) is 33.2 Å². The van der Waals surface area contributed by atoms with Crippen LogP contribution in [-0.4, -0.2) is 76.9 Å². The third-order valence-corrected chi connectivity index (χ3v) is 3.79. The van der Waals surface area contributed by atoms with E-state index >= 15 is 0 Å². The van der Waals surface area contributed by atoms with Gasteiger partial charge in [-0.25, -0.2) is 4.79 Å². The zero-order chi connectivity index (χ0) is 16.0. The van der Waals surface area contributed by atoms with Crippen molar-refractivity contribution in [1.82, 2.24) is 15.1 Å². The number of carboxylic acids is 1. The SMILES string of the molecule is CCC1CN(C)CCCN1C(=O)NCC(C)(O)CC(=O)O. The predicted octanol–water partition coefficient (Wildman–Crippen LogP) is 0.338. The van der Waals surface area contributed by atoms with Gasteiger partial charge in [-0.3, -0.25) is 4.79 Å². The minimum Gasteiger partial charge on any atom is -0.481 e. The van der Waals surface area contributed by atoms with Gasteiger partial charge in [-0.1, -0.05) is 6.92 Å². The molecule has 0 bridgehead atoms. The Morgan fingerprint density at radius 2 is 2.05 bits per heavy atom. The van der Waals surface area contributed by atoms with E-state index < -0.39 is 18.0 Å². The first-order chi connectivity index (χ1) is 9.75. The summed E-state index contributed by atoms with van der Waals surface area (Å²) in [5.41, 5.74) is -1.44. The van der Waals surface area contributed by atoms with Gasteiger partial charge in [0.2, 0.25) is 0 Å². The topological polar surface area (TPSA) is 93.1 Å². The molecule has 1 heterocycles. The summed E-state index contributed by atoms with van der Waals surface area (Å²) in [7, 11) is 2.04. The second-order valence-electron chi connectivity index (χ2n) is 6.10. The molecule has 122 valence electrons. The van der Waals surface area contributed by atoms with Crippen molar-refractivity contribution in [3.05, 3.63) is 0 Å². The van der Waals surface area contributed by atoms with Crippen molar-refractivity contribution in [3.8, 4) is 0 Å². The Balaban J connectivity index is 2.58. The van der Waals surface area contributed by atoms with Crippen molar-refractivity contribution in [3.63, 3.8) is 0 Å². The van der Waals surface area contributed by atoms with E-state index in [1.54, 1.807) is 4.90 Å². The lowest BCUT2D eigenvalue weighted by molar-refractivity contribution is -0.141. The van der Waals surface area contributed by atoms with Crippen LogP contribution in [0.5, 0.6) is 0 Å². The van der Waals surface area contributed by atoms with Crippen LogP contribution in [-0.2, 0) is 4.79 Å². The van der Waals surface area contributed by atoms with Crippen LogP contribution in [0.25, 0.3) is 0 Å². The summed E-state index contributed by atoms with van der Waals surface area (Å²) in [5.74, 6) is -1.09. The maximum atomic E-state index is 12.3. The Morgan fingerprint density at radius 1 is 1.38 bits per heavy atom. The maximum absolute atomic E-state index is 12.3. The van der Waals surface area contributed by atoms with E-state index in [1.165, 1.54) is 6.92 Å². The molecule has 0 aromatic heterocycles. The van der Waals surface area contributed by atoms with Crippen LogP contribution < -0.4 is 5.32 Å². The standard InChI is InChI=1S/C14H27N3O4/c1-4-11-9-16(3)6-5-7-17(11)13(20)15-10-14(2,21)8-12(18)19/h11,21H,4-10H2,1-3H3,(H,15,20)(H,18,19). The lowest BCUT2D eigenvalue weighted by Gasteiger charge is -2.31. The fourth-order valence-corrected chi connectivity index (χ4v) is 2.62. The van der Waals surface area contributed by atoms with Gasteiger partial charge in [-0.15, -0.1) is 0 Å². The van der Waals surface area contributed by atoms with E-state index in [2.05, 4.69) is 10.2 Å². The molecule has 0 spiro atoms. The quantitative estimate of drug-likeness (QED) is 0.681. The molecular formula is C14H27N3O4. The highest BCUT2D eigenvalue weighted by Crippen LogP contribution is 2.13. The molecule has 7 nitrogen and oxygen atoms in total. The van der Waals surface area contributed by atoms with Crippen molar-refractivity contribution in [2.24, 2.45) is 0 Å². The summed E-state index contributed by atoms with van der Waals surface area (Å²) in [5, 5.41) is 21.3. The van der Waals surface area contributed by atoms with Gasteiger partial charge in [0.15, 0.2) is 0 Å².